The number of benzene rings is 6. The summed E-state index contributed by atoms with van der Waals surface area (Å²) >= 11 is 0. The van der Waals surface area contributed by atoms with Crippen LogP contribution in [0.25, 0.3) is 34.4 Å². The number of para-hydroxylation sites is 1. The third-order valence-electron chi connectivity index (χ3n) is 6.86. The van der Waals surface area contributed by atoms with E-state index in [2.05, 4.69) is 175 Å². The van der Waals surface area contributed by atoms with Gasteiger partial charge in [-0.15, -0.1) is 0 Å². The molecule has 0 saturated carbocycles. The molecule has 0 aliphatic rings. The second-order valence-corrected chi connectivity index (χ2v) is 9.47. The van der Waals surface area contributed by atoms with Crippen molar-refractivity contribution in [3.8, 4) is 22.3 Å². The normalized spacial score (nSPS) is 11.0. The summed E-state index contributed by atoms with van der Waals surface area (Å²) in [5.74, 6) is 0. The summed E-state index contributed by atoms with van der Waals surface area (Å²) in [5, 5.41) is 0. The molecular formula is C38H29N. The van der Waals surface area contributed by atoms with Crippen LogP contribution in [0.5, 0.6) is 0 Å². The lowest BCUT2D eigenvalue weighted by molar-refractivity contribution is 1.28. The van der Waals surface area contributed by atoms with Crippen LogP contribution < -0.4 is 4.90 Å². The number of hydrogen-bond donors (Lipinski definition) is 0. The standard InChI is InChI=1S/C38H29N/c1-5-13-30(14-6-1)21-22-31-23-26-36(27-24-31)39(35-19-11-4-12-20-35)38-29-34(32-15-7-2-8-16-32)25-28-37(38)33-17-9-3-10-18-33/h1-29H/b22-21+. The van der Waals surface area contributed by atoms with Crippen LogP contribution in [0.4, 0.5) is 17.1 Å². The molecule has 0 aromatic heterocycles. The highest BCUT2D eigenvalue weighted by Gasteiger charge is 2.18. The fourth-order valence-electron chi connectivity index (χ4n) is 4.88. The maximum Gasteiger partial charge on any atom is 0.0546 e. The van der Waals surface area contributed by atoms with Crippen LogP contribution in [0, 0.1) is 0 Å². The molecule has 6 aromatic carbocycles. The first-order valence-electron chi connectivity index (χ1n) is 13.3. The van der Waals surface area contributed by atoms with Gasteiger partial charge in [0, 0.05) is 16.9 Å². The fourth-order valence-corrected chi connectivity index (χ4v) is 4.88. The number of nitrogens with zero attached hydrogens (tertiary/aromatic N) is 1. The zero-order valence-electron chi connectivity index (χ0n) is 21.7. The van der Waals surface area contributed by atoms with Crippen molar-refractivity contribution in [2.24, 2.45) is 0 Å². The van der Waals surface area contributed by atoms with Gasteiger partial charge in [-0.25, -0.2) is 0 Å². The summed E-state index contributed by atoms with van der Waals surface area (Å²) in [6.07, 6.45) is 4.32. The SMILES string of the molecule is C(=C\c1ccc(N(c2ccccc2)c2cc(-c3ccccc3)ccc2-c2ccccc2)cc1)/c1ccccc1. The van der Waals surface area contributed by atoms with Crippen LogP contribution in [0.1, 0.15) is 11.1 Å². The second kappa shape index (κ2) is 11.5. The van der Waals surface area contributed by atoms with Gasteiger partial charge in [-0.05, 0) is 58.1 Å². The minimum atomic E-state index is 1.11. The monoisotopic (exact) mass is 499 g/mol. The summed E-state index contributed by atoms with van der Waals surface area (Å²) < 4.78 is 0. The molecule has 0 heterocycles. The van der Waals surface area contributed by atoms with Crippen molar-refractivity contribution in [3.05, 3.63) is 175 Å². The van der Waals surface area contributed by atoms with Crippen LogP contribution in [0.2, 0.25) is 0 Å². The smallest absolute Gasteiger partial charge is 0.0546 e. The van der Waals surface area contributed by atoms with Gasteiger partial charge in [0.25, 0.3) is 0 Å². The Balaban J connectivity index is 1.48. The first kappa shape index (κ1) is 24.2. The highest BCUT2D eigenvalue weighted by Crippen LogP contribution is 2.42. The van der Waals surface area contributed by atoms with E-state index in [1.165, 1.54) is 27.8 Å². The van der Waals surface area contributed by atoms with Crippen LogP contribution >= 0.6 is 0 Å². The van der Waals surface area contributed by atoms with Crippen molar-refractivity contribution < 1.29 is 0 Å². The van der Waals surface area contributed by atoms with Crippen molar-refractivity contribution in [2.45, 2.75) is 0 Å². The Morgan fingerprint density at radius 2 is 0.846 bits per heavy atom. The van der Waals surface area contributed by atoms with E-state index in [0.29, 0.717) is 0 Å². The Morgan fingerprint density at radius 1 is 0.359 bits per heavy atom. The summed E-state index contributed by atoms with van der Waals surface area (Å²) in [7, 11) is 0. The highest BCUT2D eigenvalue weighted by atomic mass is 15.1. The highest BCUT2D eigenvalue weighted by molar-refractivity contribution is 5.91. The Kier molecular flexibility index (Phi) is 7.14. The maximum atomic E-state index is 2.36. The molecule has 6 aromatic rings. The first-order valence-corrected chi connectivity index (χ1v) is 13.3. The molecule has 0 atom stereocenters. The van der Waals surface area contributed by atoms with Crippen LogP contribution in [0.3, 0.4) is 0 Å². The first-order chi connectivity index (χ1) is 19.3. The molecule has 0 unspecified atom stereocenters. The summed E-state index contributed by atoms with van der Waals surface area (Å²) in [6.45, 7) is 0. The lowest BCUT2D eigenvalue weighted by Gasteiger charge is -2.28. The molecule has 0 aliphatic carbocycles. The zero-order valence-corrected chi connectivity index (χ0v) is 21.7. The minimum Gasteiger partial charge on any atom is -0.310 e. The van der Waals surface area contributed by atoms with Gasteiger partial charge < -0.3 is 4.90 Å². The Hall–Kier alpha value is -5.14. The zero-order chi connectivity index (χ0) is 26.3. The average Bonchev–Trinajstić information content (AvgIpc) is 3.03. The summed E-state index contributed by atoms with van der Waals surface area (Å²) in [5.41, 5.74) is 10.5. The third kappa shape index (κ3) is 5.58. The van der Waals surface area contributed by atoms with E-state index >= 15 is 0 Å². The van der Waals surface area contributed by atoms with E-state index in [9.17, 15) is 0 Å². The summed E-state index contributed by atoms with van der Waals surface area (Å²) in [4.78, 5) is 2.36. The van der Waals surface area contributed by atoms with E-state index < -0.39 is 0 Å². The van der Waals surface area contributed by atoms with Crippen LogP contribution in [-0.4, -0.2) is 0 Å². The van der Waals surface area contributed by atoms with E-state index in [1.807, 2.05) is 6.07 Å². The lowest BCUT2D eigenvalue weighted by atomic mass is 9.96. The molecule has 0 radical (unpaired) electrons. The molecule has 0 fully saturated rings. The van der Waals surface area contributed by atoms with E-state index in [-0.39, 0.29) is 0 Å². The molecule has 0 bridgehead atoms. The lowest BCUT2D eigenvalue weighted by Crippen LogP contribution is -2.11. The Bertz CT molecular complexity index is 1650. The molecule has 0 aliphatic heterocycles. The van der Waals surface area contributed by atoms with Crippen molar-refractivity contribution >= 4 is 29.2 Å². The molecule has 1 heteroatoms. The number of hydrogen-bond acceptors (Lipinski definition) is 1. The van der Waals surface area contributed by atoms with Crippen molar-refractivity contribution in [1.82, 2.24) is 0 Å². The molecule has 39 heavy (non-hydrogen) atoms. The van der Waals surface area contributed by atoms with Crippen LogP contribution in [0.15, 0.2) is 164 Å². The molecule has 186 valence electrons. The van der Waals surface area contributed by atoms with Gasteiger partial charge in [0.05, 0.1) is 5.69 Å². The quantitative estimate of drug-likeness (QED) is 0.197. The van der Waals surface area contributed by atoms with Crippen LogP contribution in [-0.2, 0) is 0 Å². The van der Waals surface area contributed by atoms with E-state index in [1.54, 1.807) is 0 Å². The van der Waals surface area contributed by atoms with Gasteiger partial charge in [-0.3, -0.25) is 0 Å². The topological polar surface area (TPSA) is 3.24 Å². The molecule has 0 N–H and O–H groups in total. The van der Waals surface area contributed by atoms with Gasteiger partial charge in [-0.1, -0.05) is 146 Å². The number of rotatable bonds is 7. The van der Waals surface area contributed by atoms with Crippen molar-refractivity contribution in [3.63, 3.8) is 0 Å². The van der Waals surface area contributed by atoms with Gasteiger partial charge in [0.2, 0.25) is 0 Å². The van der Waals surface area contributed by atoms with Gasteiger partial charge in [0.1, 0.15) is 0 Å². The maximum absolute atomic E-state index is 2.36. The third-order valence-corrected chi connectivity index (χ3v) is 6.86. The van der Waals surface area contributed by atoms with Gasteiger partial charge in [0.15, 0.2) is 0 Å². The molecule has 0 amide bonds. The fraction of sp³-hybridized carbons (Fsp3) is 0. The molecule has 0 saturated heterocycles. The second-order valence-electron chi connectivity index (χ2n) is 9.47. The summed E-state index contributed by atoms with van der Waals surface area (Å²) in [6, 6.07) is 57.8. The predicted molar refractivity (Wildman–Crippen MR) is 167 cm³/mol. The van der Waals surface area contributed by atoms with Gasteiger partial charge in [-0.2, -0.15) is 0 Å². The van der Waals surface area contributed by atoms with E-state index in [4.69, 9.17) is 0 Å². The van der Waals surface area contributed by atoms with Gasteiger partial charge >= 0.3 is 0 Å². The van der Waals surface area contributed by atoms with Crippen molar-refractivity contribution in [1.29, 1.82) is 0 Å². The molecule has 6 rings (SSSR count). The predicted octanol–water partition coefficient (Wildman–Crippen LogP) is 10.7. The molecular weight excluding hydrogens is 470 g/mol. The molecule has 0 spiro atoms. The number of anilines is 3. The van der Waals surface area contributed by atoms with E-state index in [0.717, 1.165) is 22.6 Å². The minimum absolute atomic E-state index is 1.11. The average molecular weight is 500 g/mol. The Morgan fingerprint density at radius 3 is 1.46 bits per heavy atom. The Labute approximate surface area is 231 Å². The largest absolute Gasteiger partial charge is 0.310 e. The van der Waals surface area contributed by atoms with Crippen molar-refractivity contribution in [2.75, 3.05) is 4.90 Å². The molecule has 1 nitrogen and oxygen atoms in total.